The highest BCUT2D eigenvalue weighted by molar-refractivity contribution is 5.91. The summed E-state index contributed by atoms with van der Waals surface area (Å²) >= 11 is 0. The van der Waals surface area contributed by atoms with Crippen LogP contribution in [0.15, 0.2) is 70.4 Å². The Morgan fingerprint density at radius 2 is 1.66 bits per heavy atom. The minimum atomic E-state index is -0.543. The number of anilines is 1. The molecule has 0 saturated carbocycles. The highest BCUT2D eigenvalue weighted by atomic mass is 16.2. The number of hydrogen-bond acceptors (Lipinski definition) is 4. The van der Waals surface area contributed by atoms with E-state index in [0.29, 0.717) is 17.7 Å². The molecule has 1 amide bonds. The van der Waals surface area contributed by atoms with Gasteiger partial charge in [0, 0.05) is 18.4 Å². The summed E-state index contributed by atoms with van der Waals surface area (Å²) in [5.74, 6) is -0.355. The Bertz CT molecular complexity index is 1370. The number of nitrogens with one attached hydrogen (secondary N) is 1. The second-order valence-corrected chi connectivity index (χ2v) is 7.56. The van der Waals surface area contributed by atoms with E-state index in [4.69, 9.17) is 0 Å². The van der Waals surface area contributed by atoms with Gasteiger partial charge >= 0.3 is 5.69 Å². The third kappa shape index (κ3) is 4.25. The predicted octanol–water partition coefficient (Wildman–Crippen LogP) is 2.63. The lowest BCUT2D eigenvalue weighted by Crippen LogP contribution is -2.41. The van der Waals surface area contributed by atoms with Crippen LogP contribution in [-0.2, 0) is 30.8 Å². The number of rotatable bonds is 7. The molecular formula is C24H25N5O3. The first kappa shape index (κ1) is 21.3. The Kier molecular flexibility index (Phi) is 6.02. The number of amides is 1. The molecule has 0 radical (unpaired) electrons. The maximum Gasteiger partial charge on any atom is 0.332 e. The molecule has 0 aliphatic carbocycles. The Hall–Kier alpha value is -3.94. The SMILES string of the molecule is CCc1ccc(NC(=O)Cn2c(=O)n(Cc3ccccc3)c(=O)c3nn(CC)cc32)cc1. The van der Waals surface area contributed by atoms with E-state index in [1.165, 1.54) is 10.1 Å². The van der Waals surface area contributed by atoms with Crippen LogP contribution in [0.2, 0.25) is 0 Å². The molecule has 0 aliphatic heterocycles. The highest BCUT2D eigenvalue weighted by Crippen LogP contribution is 2.11. The van der Waals surface area contributed by atoms with Gasteiger partial charge < -0.3 is 5.32 Å². The molecule has 0 spiro atoms. The van der Waals surface area contributed by atoms with Crippen LogP contribution in [0.1, 0.15) is 25.0 Å². The second kappa shape index (κ2) is 9.05. The van der Waals surface area contributed by atoms with Gasteiger partial charge in [0.1, 0.15) is 6.54 Å². The summed E-state index contributed by atoms with van der Waals surface area (Å²) in [4.78, 5) is 39.1. The van der Waals surface area contributed by atoms with Gasteiger partial charge in [-0.15, -0.1) is 0 Å². The van der Waals surface area contributed by atoms with Crippen molar-refractivity contribution in [2.24, 2.45) is 0 Å². The Balaban J connectivity index is 1.73. The third-order valence-corrected chi connectivity index (χ3v) is 5.40. The van der Waals surface area contributed by atoms with E-state index in [1.54, 1.807) is 10.9 Å². The smallest absolute Gasteiger partial charge is 0.325 e. The number of nitrogens with zero attached hydrogens (tertiary/aromatic N) is 4. The molecule has 4 rings (SSSR count). The van der Waals surface area contributed by atoms with E-state index < -0.39 is 11.2 Å². The van der Waals surface area contributed by atoms with Crippen molar-refractivity contribution in [3.63, 3.8) is 0 Å². The molecule has 2 aromatic heterocycles. The minimum Gasteiger partial charge on any atom is -0.325 e. The molecule has 0 unspecified atom stereocenters. The van der Waals surface area contributed by atoms with E-state index in [-0.39, 0.29) is 24.5 Å². The molecule has 0 aliphatic rings. The largest absolute Gasteiger partial charge is 0.332 e. The molecule has 2 heterocycles. The number of carbonyl (C=O) groups is 1. The summed E-state index contributed by atoms with van der Waals surface area (Å²) in [7, 11) is 0. The maximum atomic E-state index is 13.3. The monoisotopic (exact) mass is 431 g/mol. The number of aromatic nitrogens is 4. The molecule has 0 fully saturated rings. The van der Waals surface area contributed by atoms with Crippen LogP contribution in [0.3, 0.4) is 0 Å². The quantitative estimate of drug-likeness (QED) is 0.487. The van der Waals surface area contributed by atoms with Crippen LogP contribution in [0.25, 0.3) is 11.0 Å². The van der Waals surface area contributed by atoms with Crippen LogP contribution in [0.5, 0.6) is 0 Å². The van der Waals surface area contributed by atoms with E-state index in [0.717, 1.165) is 16.6 Å². The maximum absolute atomic E-state index is 13.3. The molecule has 4 aromatic rings. The zero-order valence-electron chi connectivity index (χ0n) is 18.1. The van der Waals surface area contributed by atoms with Gasteiger partial charge in [0.15, 0.2) is 5.52 Å². The summed E-state index contributed by atoms with van der Waals surface area (Å²) in [6, 6.07) is 16.8. The molecule has 0 saturated heterocycles. The number of aryl methyl sites for hydroxylation is 2. The Morgan fingerprint density at radius 1 is 0.938 bits per heavy atom. The lowest BCUT2D eigenvalue weighted by Gasteiger charge is -2.12. The fourth-order valence-electron chi connectivity index (χ4n) is 3.61. The summed E-state index contributed by atoms with van der Waals surface area (Å²) < 4.78 is 4.04. The number of benzene rings is 2. The summed E-state index contributed by atoms with van der Waals surface area (Å²) in [5, 5.41) is 7.16. The van der Waals surface area contributed by atoms with Crippen LogP contribution >= 0.6 is 0 Å². The topological polar surface area (TPSA) is 90.9 Å². The van der Waals surface area contributed by atoms with Crippen LogP contribution in [-0.4, -0.2) is 24.8 Å². The second-order valence-electron chi connectivity index (χ2n) is 7.56. The van der Waals surface area contributed by atoms with Crippen molar-refractivity contribution in [3.05, 3.63) is 92.8 Å². The summed E-state index contributed by atoms with van der Waals surface area (Å²) in [6.07, 6.45) is 2.54. The zero-order chi connectivity index (χ0) is 22.7. The number of carbonyl (C=O) groups excluding carboxylic acids is 1. The molecule has 1 N–H and O–H groups in total. The van der Waals surface area contributed by atoms with Gasteiger partial charge in [0.25, 0.3) is 5.56 Å². The first-order valence-corrected chi connectivity index (χ1v) is 10.6. The average Bonchev–Trinajstić information content (AvgIpc) is 3.25. The minimum absolute atomic E-state index is 0.105. The lowest BCUT2D eigenvalue weighted by molar-refractivity contribution is -0.116. The van der Waals surface area contributed by atoms with Crippen molar-refractivity contribution in [3.8, 4) is 0 Å². The summed E-state index contributed by atoms with van der Waals surface area (Å²) in [5.41, 5.74) is 2.14. The molecule has 164 valence electrons. The van der Waals surface area contributed by atoms with Crippen LogP contribution < -0.4 is 16.6 Å². The van der Waals surface area contributed by atoms with E-state index in [2.05, 4.69) is 17.3 Å². The first-order chi connectivity index (χ1) is 15.5. The lowest BCUT2D eigenvalue weighted by atomic mass is 10.1. The number of hydrogen-bond donors (Lipinski definition) is 1. The average molecular weight is 431 g/mol. The van der Waals surface area contributed by atoms with Crippen molar-refractivity contribution in [1.29, 1.82) is 0 Å². The molecule has 32 heavy (non-hydrogen) atoms. The first-order valence-electron chi connectivity index (χ1n) is 10.6. The molecule has 0 bridgehead atoms. The predicted molar refractivity (Wildman–Crippen MR) is 124 cm³/mol. The third-order valence-electron chi connectivity index (χ3n) is 5.40. The van der Waals surface area contributed by atoms with Crippen molar-refractivity contribution >= 4 is 22.6 Å². The Labute approximate surface area is 184 Å². The molecule has 8 nitrogen and oxygen atoms in total. The van der Waals surface area contributed by atoms with Gasteiger partial charge in [0.2, 0.25) is 5.91 Å². The van der Waals surface area contributed by atoms with Gasteiger partial charge in [-0.05, 0) is 36.6 Å². The fourth-order valence-corrected chi connectivity index (χ4v) is 3.61. The van der Waals surface area contributed by atoms with Gasteiger partial charge in [-0.2, -0.15) is 5.10 Å². The standard InChI is InChI=1S/C24H25N5O3/c1-3-17-10-12-19(13-11-17)25-21(30)16-28-20-15-27(4-2)26-22(20)23(31)29(24(28)32)14-18-8-6-5-7-9-18/h5-13,15H,3-4,14,16H2,1-2H3,(H,25,30). The van der Waals surface area contributed by atoms with Crippen molar-refractivity contribution in [1.82, 2.24) is 18.9 Å². The van der Waals surface area contributed by atoms with E-state index in [1.807, 2.05) is 61.5 Å². The van der Waals surface area contributed by atoms with Gasteiger partial charge in [-0.3, -0.25) is 23.4 Å². The van der Waals surface area contributed by atoms with Crippen molar-refractivity contribution in [2.45, 2.75) is 39.9 Å². The van der Waals surface area contributed by atoms with Crippen LogP contribution in [0, 0.1) is 0 Å². The van der Waals surface area contributed by atoms with Gasteiger partial charge in [-0.25, -0.2) is 4.79 Å². The van der Waals surface area contributed by atoms with Gasteiger partial charge in [0.05, 0.1) is 12.1 Å². The molecule has 0 atom stereocenters. The molecular weight excluding hydrogens is 406 g/mol. The van der Waals surface area contributed by atoms with Crippen molar-refractivity contribution in [2.75, 3.05) is 5.32 Å². The molecule has 8 heteroatoms. The zero-order valence-corrected chi connectivity index (χ0v) is 18.1. The van der Waals surface area contributed by atoms with Crippen LogP contribution in [0.4, 0.5) is 5.69 Å². The summed E-state index contributed by atoms with van der Waals surface area (Å²) in [6.45, 7) is 4.37. The Morgan fingerprint density at radius 3 is 2.31 bits per heavy atom. The normalized spacial score (nSPS) is 11.1. The molecule has 2 aromatic carbocycles. The van der Waals surface area contributed by atoms with Crippen molar-refractivity contribution < 1.29 is 4.79 Å². The van der Waals surface area contributed by atoms with E-state index >= 15 is 0 Å². The number of fused-ring (bicyclic) bond motifs is 1. The van der Waals surface area contributed by atoms with Gasteiger partial charge in [-0.1, -0.05) is 49.4 Å². The fraction of sp³-hybridized carbons (Fsp3) is 0.250. The highest BCUT2D eigenvalue weighted by Gasteiger charge is 2.18. The van der Waals surface area contributed by atoms with E-state index in [9.17, 15) is 14.4 Å².